The standard InChI is InChI=1S/C25H28N6O2/c1-15-7-9-17-19(12-15)28-25(32)29-20-14-26-24(30-23(17)20)27-18-10-8-16(13-22(18)33-3)21-6-4-5-11-31(21)2/h7-10,12-14,21H,4-6,11H2,1-3H3,(H,26,27,30)(H2,28,29,32). The number of anilines is 4. The van der Waals surface area contributed by atoms with E-state index >= 15 is 0 Å². The van der Waals surface area contributed by atoms with Crippen LogP contribution in [0.25, 0.3) is 11.3 Å². The molecule has 0 aliphatic carbocycles. The number of fused-ring (bicyclic) bond motifs is 3. The number of carbonyl (C=O) groups is 1. The highest BCUT2D eigenvalue weighted by atomic mass is 16.5. The first-order valence-electron chi connectivity index (χ1n) is 11.2. The van der Waals surface area contributed by atoms with E-state index in [4.69, 9.17) is 9.72 Å². The second-order valence-corrected chi connectivity index (χ2v) is 8.66. The average Bonchev–Trinajstić information content (AvgIpc) is 2.94. The van der Waals surface area contributed by atoms with E-state index in [1.807, 2.05) is 31.2 Å². The highest BCUT2D eigenvalue weighted by Gasteiger charge is 2.23. The number of aromatic nitrogens is 2. The van der Waals surface area contributed by atoms with Crippen molar-refractivity contribution in [3.8, 4) is 17.0 Å². The lowest BCUT2D eigenvalue weighted by Gasteiger charge is -2.33. The molecule has 1 unspecified atom stereocenters. The van der Waals surface area contributed by atoms with Gasteiger partial charge in [-0.25, -0.2) is 14.8 Å². The number of rotatable bonds is 4. The maximum absolute atomic E-state index is 12.3. The molecule has 1 atom stereocenters. The third kappa shape index (κ3) is 4.21. The summed E-state index contributed by atoms with van der Waals surface area (Å²) in [6.45, 7) is 3.10. The van der Waals surface area contributed by atoms with Crippen LogP contribution in [0.3, 0.4) is 0 Å². The Kier molecular flexibility index (Phi) is 5.60. The van der Waals surface area contributed by atoms with E-state index in [0.29, 0.717) is 23.4 Å². The molecule has 0 spiro atoms. The highest BCUT2D eigenvalue weighted by molar-refractivity contribution is 6.07. The molecular formula is C25H28N6O2. The van der Waals surface area contributed by atoms with E-state index in [2.05, 4.69) is 45.0 Å². The SMILES string of the molecule is COc1cc(C2CCCCN2C)ccc1Nc1ncc2c(n1)-c1ccc(C)cc1NC(=O)N2. The van der Waals surface area contributed by atoms with Crippen LogP contribution in [0.5, 0.6) is 5.75 Å². The molecule has 2 aromatic carbocycles. The lowest BCUT2D eigenvalue weighted by atomic mass is 9.95. The van der Waals surface area contributed by atoms with Crippen molar-refractivity contribution in [2.45, 2.75) is 32.2 Å². The molecule has 2 amide bonds. The molecule has 2 aliphatic heterocycles. The largest absolute Gasteiger partial charge is 0.495 e. The Morgan fingerprint density at radius 1 is 1.12 bits per heavy atom. The van der Waals surface area contributed by atoms with E-state index in [1.54, 1.807) is 13.3 Å². The molecule has 5 rings (SSSR count). The van der Waals surface area contributed by atoms with Crippen molar-refractivity contribution in [2.75, 3.05) is 36.7 Å². The van der Waals surface area contributed by atoms with Crippen LogP contribution in [-0.4, -0.2) is 41.6 Å². The zero-order chi connectivity index (χ0) is 22.9. The number of ether oxygens (including phenoxy) is 1. The van der Waals surface area contributed by atoms with Crippen LogP contribution in [0, 0.1) is 6.92 Å². The molecule has 3 N–H and O–H groups in total. The van der Waals surface area contributed by atoms with Gasteiger partial charge in [-0.2, -0.15) is 0 Å². The molecule has 8 heteroatoms. The quantitative estimate of drug-likeness (QED) is 0.505. The Morgan fingerprint density at radius 2 is 1.97 bits per heavy atom. The molecule has 33 heavy (non-hydrogen) atoms. The van der Waals surface area contributed by atoms with Crippen LogP contribution >= 0.6 is 0 Å². The van der Waals surface area contributed by atoms with Gasteiger partial charge in [0.25, 0.3) is 0 Å². The fourth-order valence-electron chi connectivity index (χ4n) is 4.62. The van der Waals surface area contributed by atoms with Crippen molar-refractivity contribution in [2.24, 2.45) is 0 Å². The Labute approximate surface area is 193 Å². The average molecular weight is 445 g/mol. The molecule has 3 aromatic rings. The van der Waals surface area contributed by atoms with Gasteiger partial charge in [-0.3, -0.25) is 4.90 Å². The summed E-state index contributed by atoms with van der Waals surface area (Å²) in [5, 5.41) is 8.99. The minimum atomic E-state index is -0.310. The first-order chi connectivity index (χ1) is 16.0. The van der Waals surface area contributed by atoms with Gasteiger partial charge in [0, 0.05) is 11.6 Å². The fraction of sp³-hybridized carbons (Fsp3) is 0.320. The first kappa shape index (κ1) is 21.2. The minimum Gasteiger partial charge on any atom is -0.495 e. The van der Waals surface area contributed by atoms with Crippen LogP contribution in [0.1, 0.15) is 36.4 Å². The van der Waals surface area contributed by atoms with Crippen LogP contribution < -0.4 is 20.7 Å². The minimum absolute atomic E-state index is 0.310. The van der Waals surface area contributed by atoms with Crippen LogP contribution in [0.4, 0.5) is 27.8 Å². The molecule has 1 saturated heterocycles. The molecular weight excluding hydrogens is 416 g/mol. The number of amides is 2. The van der Waals surface area contributed by atoms with Crippen molar-refractivity contribution < 1.29 is 9.53 Å². The summed E-state index contributed by atoms with van der Waals surface area (Å²) in [4.78, 5) is 23.8. The van der Waals surface area contributed by atoms with Gasteiger partial charge >= 0.3 is 6.03 Å². The van der Waals surface area contributed by atoms with E-state index in [0.717, 1.165) is 41.2 Å². The highest BCUT2D eigenvalue weighted by Crippen LogP contribution is 2.38. The van der Waals surface area contributed by atoms with E-state index in [1.165, 1.54) is 18.4 Å². The van der Waals surface area contributed by atoms with E-state index in [9.17, 15) is 4.79 Å². The number of carbonyl (C=O) groups excluding carboxylic acids is 1. The summed E-state index contributed by atoms with van der Waals surface area (Å²) in [7, 11) is 3.85. The number of aryl methyl sites for hydroxylation is 1. The van der Waals surface area contributed by atoms with Gasteiger partial charge in [-0.1, -0.05) is 24.6 Å². The van der Waals surface area contributed by atoms with Gasteiger partial charge < -0.3 is 20.7 Å². The lowest BCUT2D eigenvalue weighted by molar-refractivity contribution is 0.187. The zero-order valence-corrected chi connectivity index (χ0v) is 19.1. The van der Waals surface area contributed by atoms with Gasteiger partial charge in [0.05, 0.1) is 30.4 Å². The van der Waals surface area contributed by atoms with Crippen molar-refractivity contribution >= 4 is 29.0 Å². The molecule has 170 valence electrons. The van der Waals surface area contributed by atoms with Crippen molar-refractivity contribution in [3.05, 3.63) is 53.7 Å². The first-order valence-corrected chi connectivity index (χ1v) is 11.2. The van der Waals surface area contributed by atoms with Crippen LogP contribution in [-0.2, 0) is 0 Å². The number of urea groups is 1. The predicted molar refractivity (Wildman–Crippen MR) is 130 cm³/mol. The topological polar surface area (TPSA) is 91.4 Å². The normalized spacial score (nSPS) is 17.8. The van der Waals surface area contributed by atoms with E-state index < -0.39 is 0 Å². The van der Waals surface area contributed by atoms with Crippen molar-refractivity contribution in [1.82, 2.24) is 14.9 Å². The Hall–Kier alpha value is -3.65. The number of benzene rings is 2. The molecule has 0 saturated carbocycles. The molecule has 1 fully saturated rings. The zero-order valence-electron chi connectivity index (χ0n) is 19.1. The molecule has 0 bridgehead atoms. The summed E-state index contributed by atoms with van der Waals surface area (Å²) >= 11 is 0. The number of likely N-dealkylation sites (tertiary alicyclic amines) is 1. The second kappa shape index (κ2) is 8.71. The van der Waals surface area contributed by atoms with Crippen molar-refractivity contribution in [1.29, 1.82) is 0 Å². The number of hydrogen-bond acceptors (Lipinski definition) is 6. The number of nitrogens with zero attached hydrogens (tertiary/aromatic N) is 3. The number of hydrogen-bond donors (Lipinski definition) is 3. The smallest absolute Gasteiger partial charge is 0.323 e. The number of piperidine rings is 1. The van der Waals surface area contributed by atoms with Crippen LogP contribution in [0.2, 0.25) is 0 Å². The summed E-state index contributed by atoms with van der Waals surface area (Å²) < 4.78 is 5.70. The van der Waals surface area contributed by atoms with E-state index in [-0.39, 0.29) is 6.03 Å². The molecule has 0 radical (unpaired) electrons. The fourth-order valence-corrected chi connectivity index (χ4v) is 4.62. The Morgan fingerprint density at radius 3 is 2.79 bits per heavy atom. The molecule has 8 nitrogen and oxygen atoms in total. The second-order valence-electron chi connectivity index (χ2n) is 8.66. The summed E-state index contributed by atoms with van der Waals surface area (Å²) in [5.74, 6) is 1.17. The van der Waals surface area contributed by atoms with Crippen molar-refractivity contribution in [3.63, 3.8) is 0 Å². The number of methoxy groups -OCH3 is 1. The maximum Gasteiger partial charge on any atom is 0.323 e. The monoisotopic (exact) mass is 444 g/mol. The van der Waals surface area contributed by atoms with Gasteiger partial charge in [-0.15, -0.1) is 0 Å². The maximum atomic E-state index is 12.3. The van der Waals surface area contributed by atoms with Gasteiger partial charge in [0.2, 0.25) is 5.95 Å². The Balaban J connectivity index is 1.47. The van der Waals surface area contributed by atoms with Gasteiger partial charge in [-0.05, 0) is 62.7 Å². The molecule has 3 heterocycles. The van der Waals surface area contributed by atoms with Gasteiger partial charge in [0.15, 0.2) is 0 Å². The van der Waals surface area contributed by atoms with Gasteiger partial charge in [0.1, 0.15) is 11.4 Å². The predicted octanol–water partition coefficient (Wildman–Crippen LogP) is 5.32. The third-order valence-electron chi connectivity index (χ3n) is 6.34. The molecule has 2 aliphatic rings. The summed E-state index contributed by atoms with van der Waals surface area (Å²) in [6.07, 6.45) is 5.26. The lowest BCUT2D eigenvalue weighted by Crippen LogP contribution is -2.29. The summed E-state index contributed by atoms with van der Waals surface area (Å²) in [6, 6.07) is 12.2. The molecule has 1 aromatic heterocycles. The van der Waals surface area contributed by atoms with Crippen LogP contribution in [0.15, 0.2) is 42.6 Å². The summed E-state index contributed by atoms with van der Waals surface area (Å²) in [5.41, 5.74) is 5.86. The number of nitrogens with one attached hydrogen (secondary N) is 3. The Bertz CT molecular complexity index is 1210. The third-order valence-corrected chi connectivity index (χ3v) is 6.34.